The van der Waals surface area contributed by atoms with Gasteiger partial charge in [-0.1, -0.05) is 71.2 Å². The van der Waals surface area contributed by atoms with Crippen LogP contribution in [-0.2, 0) is 11.0 Å². The van der Waals surface area contributed by atoms with Gasteiger partial charge in [-0.2, -0.15) is 0 Å². The number of hydrogen-bond donors (Lipinski definition) is 1. The minimum Gasteiger partial charge on any atom is -0.307 e. The molecule has 1 unspecified atom stereocenters. The summed E-state index contributed by atoms with van der Waals surface area (Å²) in [5.74, 6) is 0. The van der Waals surface area contributed by atoms with Crippen molar-refractivity contribution >= 4 is 0 Å². The third-order valence-corrected chi connectivity index (χ3v) is 4.72. The lowest BCUT2D eigenvalue weighted by molar-refractivity contribution is 0.297. The second kappa shape index (κ2) is 6.30. The smallest absolute Gasteiger partial charge is 0.0434 e. The SMILES string of the molecule is CCCC1(c2ccc(C(C)(C)C)cc2)CCCCCN1. The van der Waals surface area contributed by atoms with Gasteiger partial charge in [0.2, 0.25) is 0 Å². The summed E-state index contributed by atoms with van der Waals surface area (Å²) in [6, 6.07) is 9.40. The average molecular weight is 273 g/mol. The highest BCUT2D eigenvalue weighted by Crippen LogP contribution is 2.35. The van der Waals surface area contributed by atoms with E-state index in [2.05, 4.69) is 57.3 Å². The van der Waals surface area contributed by atoms with E-state index in [0.717, 1.165) is 0 Å². The molecule has 1 heteroatoms. The van der Waals surface area contributed by atoms with Crippen LogP contribution in [0.4, 0.5) is 0 Å². The Hall–Kier alpha value is -0.820. The highest BCUT2D eigenvalue weighted by molar-refractivity contribution is 5.32. The standard InChI is InChI=1S/C19H31N/c1-5-13-19(14-7-6-8-15-20-19)17-11-9-16(10-12-17)18(2,3)4/h9-12,20H,5-8,13-15H2,1-4H3. The molecule has 0 amide bonds. The Bertz CT molecular complexity index is 402. The molecule has 1 saturated heterocycles. The first-order valence-electron chi connectivity index (χ1n) is 8.34. The first kappa shape index (κ1) is 15.6. The van der Waals surface area contributed by atoms with Gasteiger partial charge in [-0.15, -0.1) is 0 Å². The molecule has 0 bridgehead atoms. The summed E-state index contributed by atoms with van der Waals surface area (Å²) in [7, 11) is 0. The third kappa shape index (κ3) is 3.44. The van der Waals surface area contributed by atoms with Crippen LogP contribution in [0, 0.1) is 0 Å². The Labute approximate surface area is 125 Å². The van der Waals surface area contributed by atoms with Crippen LogP contribution in [-0.4, -0.2) is 6.54 Å². The Kier molecular flexibility index (Phi) is 4.90. The van der Waals surface area contributed by atoms with Gasteiger partial charge in [0.25, 0.3) is 0 Å². The molecule has 0 aromatic heterocycles. The molecule has 1 aliphatic heterocycles. The summed E-state index contributed by atoms with van der Waals surface area (Å²) in [6.07, 6.45) is 7.84. The molecule has 2 rings (SSSR count). The van der Waals surface area contributed by atoms with Crippen LogP contribution >= 0.6 is 0 Å². The molecule has 1 heterocycles. The molecular formula is C19H31N. The van der Waals surface area contributed by atoms with Crippen molar-refractivity contribution < 1.29 is 0 Å². The molecule has 1 aromatic rings. The van der Waals surface area contributed by atoms with Crippen molar-refractivity contribution in [3.63, 3.8) is 0 Å². The predicted molar refractivity (Wildman–Crippen MR) is 88.2 cm³/mol. The molecule has 1 fully saturated rings. The van der Waals surface area contributed by atoms with E-state index in [1.165, 1.54) is 56.2 Å². The quantitative estimate of drug-likeness (QED) is 0.803. The molecule has 1 aromatic carbocycles. The number of rotatable bonds is 3. The lowest BCUT2D eigenvalue weighted by Crippen LogP contribution is -2.41. The van der Waals surface area contributed by atoms with Gasteiger partial charge in [0.05, 0.1) is 0 Å². The van der Waals surface area contributed by atoms with Crippen molar-refractivity contribution in [3.05, 3.63) is 35.4 Å². The van der Waals surface area contributed by atoms with E-state index in [4.69, 9.17) is 0 Å². The summed E-state index contributed by atoms with van der Waals surface area (Å²) in [4.78, 5) is 0. The zero-order valence-corrected chi connectivity index (χ0v) is 13.8. The van der Waals surface area contributed by atoms with Gasteiger partial charge in [0.15, 0.2) is 0 Å². The fraction of sp³-hybridized carbons (Fsp3) is 0.684. The van der Waals surface area contributed by atoms with Crippen molar-refractivity contribution in [1.29, 1.82) is 0 Å². The zero-order valence-electron chi connectivity index (χ0n) is 13.8. The predicted octanol–water partition coefficient (Wildman–Crippen LogP) is 5.14. The van der Waals surface area contributed by atoms with E-state index in [9.17, 15) is 0 Å². The summed E-state index contributed by atoms with van der Waals surface area (Å²) >= 11 is 0. The van der Waals surface area contributed by atoms with Crippen LogP contribution < -0.4 is 5.32 Å². The normalized spacial score (nSPS) is 24.4. The fourth-order valence-electron chi connectivity index (χ4n) is 3.46. The first-order valence-corrected chi connectivity index (χ1v) is 8.34. The molecule has 112 valence electrons. The van der Waals surface area contributed by atoms with E-state index in [1.807, 2.05) is 0 Å². The maximum Gasteiger partial charge on any atom is 0.0434 e. The molecule has 1 nitrogen and oxygen atoms in total. The average Bonchev–Trinajstić information content (AvgIpc) is 2.65. The van der Waals surface area contributed by atoms with Gasteiger partial charge < -0.3 is 5.32 Å². The van der Waals surface area contributed by atoms with E-state index >= 15 is 0 Å². The maximum absolute atomic E-state index is 3.87. The van der Waals surface area contributed by atoms with Crippen LogP contribution in [0.2, 0.25) is 0 Å². The highest BCUT2D eigenvalue weighted by atomic mass is 15.0. The third-order valence-electron chi connectivity index (χ3n) is 4.72. The fourth-order valence-corrected chi connectivity index (χ4v) is 3.46. The molecule has 0 saturated carbocycles. The van der Waals surface area contributed by atoms with E-state index < -0.39 is 0 Å². The maximum atomic E-state index is 3.87. The number of nitrogens with one attached hydrogen (secondary N) is 1. The largest absolute Gasteiger partial charge is 0.307 e. The van der Waals surface area contributed by atoms with Crippen LogP contribution in [0.1, 0.15) is 77.3 Å². The van der Waals surface area contributed by atoms with Crippen molar-refractivity contribution in [2.45, 2.75) is 77.2 Å². The lowest BCUT2D eigenvalue weighted by Gasteiger charge is -2.35. The van der Waals surface area contributed by atoms with Gasteiger partial charge in [-0.05, 0) is 42.3 Å². The first-order chi connectivity index (χ1) is 9.48. The summed E-state index contributed by atoms with van der Waals surface area (Å²) in [5, 5.41) is 3.87. The highest BCUT2D eigenvalue weighted by Gasteiger charge is 2.31. The number of benzene rings is 1. The van der Waals surface area contributed by atoms with Crippen molar-refractivity contribution in [1.82, 2.24) is 5.32 Å². The number of hydrogen-bond acceptors (Lipinski definition) is 1. The Morgan fingerprint density at radius 3 is 2.35 bits per heavy atom. The van der Waals surface area contributed by atoms with Crippen LogP contribution in [0.5, 0.6) is 0 Å². The van der Waals surface area contributed by atoms with E-state index in [-0.39, 0.29) is 11.0 Å². The molecule has 0 radical (unpaired) electrons. The van der Waals surface area contributed by atoms with Crippen molar-refractivity contribution in [2.75, 3.05) is 6.54 Å². The van der Waals surface area contributed by atoms with Gasteiger partial charge >= 0.3 is 0 Å². The second-order valence-corrected chi connectivity index (χ2v) is 7.40. The summed E-state index contributed by atoms with van der Waals surface area (Å²) in [5.41, 5.74) is 3.39. The molecule has 0 aliphatic carbocycles. The molecule has 0 spiro atoms. The van der Waals surface area contributed by atoms with Crippen molar-refractivity contribution in [3.8, 4) is 0 Å². The molecule has 20 heavy (non-hydrogen) atoms. The summed E-state index contributed by atoms with van der Waals surface area (Å²) in [6.45, 7) is 10.3. The Morgan fingerprint density at radius 2 is 1.75 bits per heavy atom. The monoisotopic (exact) mass is 273 g/mol. The van der Waals surface area contributed by atoms with Gasteiger partial charge in [0.1, 0.15) is 0 Å². The minimum atomic E-state index is 0.224. The molecular weight excluding hydrogens is 242 g/mol. The molecule has 1 atom stereocenters. The van der Waals surface area contributed by atoms with Gasteiger partial charge in [-0.3, -0.25) is 0 Å². The van der Waals surface area contributed by atoms with Gasteiger partial charge in [0, 0.05) is 5.54 Å². The second-order valence-electron chi connectivity index (χ2n) is 7.40. The van der Waals surface area contributed by atoms with E-state index in [1.54, 1.807) is 0 Å². The Morgan fingerprint density at radius 1 is 1.05 bits per heavy atom. The molecule has 1 N–H and O–H groups in total. The van der Waals surface area contributed by atoms with Gasteiger partial charge in [-0.25, -0.2) is 0 Å². The minimum absolute atomic E-state index is 0.224. The van der Waals surface area contributed by atoms with Crippen LogP contribution in [0.3, 0.4) is 0 Å². The van der Waals surface area contributed by atoms with Crippen molar-refractivity contribution in [2.24, 2.45) is 0 Å². The van der Waals surface area contributed by atoms with Crippen LogP contribution in [0.15, 0.2) is 24.3 Å². The summed E-state index contributed by atoms with van der Waals surface area (Å²) < 4.78 is 0. The zero-order chi connectivity index (χ0) is 14.6. The van der Waals surface area contributed by atoms with Crippen LogP contribution in [0.25, 0.3) is 0 Å². The molecule has 1 aliphatic rings. The topological polar surface area (TPSA) is 12.0 Å². The lowest BCUT2D eigenvalue weighted by atomic mass is 9.79. The van der Waals surface area contributed by atoms with E-state index in [0.29, 0.717) is 0 Å². The Balaban J connectivity index is 2.29.